The van der Waals surface area contributed by atoms with E-state index in [4.69, 9.17) is 9.47 Å². The number of ether oxygens (including phenoxy) is 2. The van der Waals surface area contributed by atoms with E-state index in [2.05, 4.69) is 0 Å². The first kappa shape index (κ1) is 21.8. The van der Waals surface area contributed by atoms with Crippen LogP contribution in [-0.4, -0.2) is 45.7 Å². The molecule has 8 heteroatoms. The minimum Gasteiger partial charge on any atom is -0.491 e. The lowest BCUT2D eigenvalue weighted by molar-refractivity contribution is 0.0474. The molecule has 0 N–H and O–H groups in total. The van der Waals surface area contributed by atoms with Crippen LogP contribution in [0.2, 0.25) is 0 Å². The van der Waals surface area contributed by atoms with Gasteiger partial charge in [0, 0.05) is 12.1 Å². The van der Waals surface area contributed by atoms with Gasteiger partial charge in [-0.1, -0.05) is 0 Å². The van der Waals surface area contributed by atoms with Gasteiger partial charge in [-0.05, 0) is 74.7 Å². The first-order chi connectivity index (χ1) is 14.1. The number of rotatable bonds is 7. The Hall–Kier alpha value is -2.87. The highest BCUT2D eigenvalue weighted by Gasteiger charge is 2.25. The van der Waals surface area contributed by atoms with Gasteiger partial charge in [0.2, 0.25) is 10.0 Å². The third-order valence-electron chi connectivity index (χ3n) is 4.67. The fourth-order valence-electron chi connectivity index (χ4n) is 3.32. The maximum Gasteiger partial charge on any atom is 0.338 e. The van der Waals surface area contributed by atoms with E-state index < -0.39 is 22.6 Å². The number of sulfonamides is 1. The molecule has 0 radical (unpaired) electrons. The fraction of sp³-hybridized carbons (Fsp3) is 0.364. The van der Waals surface area contributed by atoms with Gasteiger partial charge < -0.3 is 9.47 Å². The van der Waals surface area contributed by atoms with Gasteiger partial charge in [-0.25, -0.2) is 13.2 Å². The summed E-state index contributed by atoms with van der Waals surface area (Å²) in [7, 11) is -3.36. The van der Waals surface area contributed by atoms with E-state index in [9.17, 15) is 18.0 Å². The number of fused-ring (bicyclic) bond motifs is 1. The van der Waals surface area contributed by atoms with Gasteiger partial charge in [0.1, 0.15) is 5.75 Å². The SMILES string of the molecule is CC(C)Oc1ccc(C(=O)OCC(=O)c2ccc3c(c2)CCCN3S(C)(=O)=O)cc1. The summed E-state index contributed by atoms with van der Waals surface area (Å²) >= 11 is 0. The highest BCUT2D eigenvalue weighted by atomic mass is 32.2. The van der Waals surface area contributed by atoms with Crippen LogP contribution < -0.4 is 9.04 Å². The molecule has 0 atom stereocenters. The number of carbonyl (C=O) groups is 2. The first-order valence-electron chi connectivity index (χ1n) is 9.73. The summed E-state index contributed by atoms with van der Waals surface area (Å²) in [5, 5.41) is 0. The lowest BCUT2D eigenvalue weighted by Gasteiger charge is -2.29. The molecule has 0 saturated heterocycles. The van der Waals surface area contributed by atoms with Crippen LogP contribution in [0.4, 0.5) is 5.69 Å². The normalized spacial score (nSPS) is 13.7. The molecule has 0 amide bonds. The van der Waals surface area contributed by atoms with Crippen LogP contribution in [0.1, 0.15) is 46.5 Å². The van der Waals surface area contributed by atoms with Crippen LogP contribution >= 0.6 is 0 Å². The van der Waals surface area contributed by atoms with Crippen LogP contribution in [0.3, 0.4) is 0 Å². The van der Waals surface area contributed by atoms with Crippen molar-refractivity contribution in [1.82, 2.24) is 0 Å². The van der Waals surface area contributed by atoms with Gasteiger partial charge in [-0.15, -0.1) is 0 Å². The second-order valence-electron chi connectivity index (χ2n) is 7.47. The van der Waals surface area contributed by atoms with Gasteiger partial charge in [-0.2, -0.15) is 0 Å². The molecule has 2 aromatic carbocycles. The average molecular weight is 432 g/mol. The Morgan fingerprint density at radius 2 is 1.73 bits per heavy atom. The number of aryl methyl sites for hydroxylation is 1. The molecule has 0 aromatic heterocycles. The molecule has 0 unspecified atom stereocenters. The zero-order valence-electron chi connectivity index (χ0n) is 17.3. The second-order valence-corrected chi connectivity index (χ2v) is 9.38. The van der Waals surface area contributed by atoms with Crippen LogP contribution in [0.25, 0.3) is 0 Å². The molecular formula is C22H25NO6S. The Labute approximate surface area is 176 Å². The number of hydrogen-bond acceptors (Lipinski definition) is 6. The molecule has 0 aliphatic carbocycles. The van der Waals surface area contributed by atoms with Crippen molar-refractivity contribution in [3.63, 3.8) is 0 Å². The number of ketones is 1. The Bertz CT molecular complexity index is 1040. The molecule has 7 nitrogen and oxygen atoms in total. The van der Waals surface area contributed by atoms with Gasteiger partial charge in [0.05, 0.1) is 23.6 Å². The van der Waals surface area contributed by atoms with E-state index in [0.717, 1.165) is 5.56 Å². The molecule has 160 valence electrons. The lowest BCUT2D eigenvalue weighted by Crippen LogP contribution is -2.34. The summed E-state index contributed by atoms with van der Waals surface area (Å²) in [5.41, 5.74) is 2.11. The average Bonchev–Trinajstić information content (AvgIpc) is 2.70. The Morgan fingerprint density at radius 3 is 2.37 bits per heavy atom. The third-order valence-corrected chi connectivity index (χ3v) is 5.85. The van der Waals surface area contributed by atoms with Crippen molar-refractivity contribution in [3.05, 3.63) is 59.2 Å². The monoisotopic (exact) mass is 431 g/mol. The smallest absolute Gasteiger partial charge is 0.338 e. The zero-order chi connectivity index (χ0) is 21.9. The molecule has 0 bridgehead atoms. The fourth-order valence-corrected chi connectivity index (χ4v) is 4.32. The van der Waals surface area contributed by atoms with Crippen molar-refractivity contribution in [3.8, 4) is 5.75 Å². The number of hydrogen-bond donors (Lipinski definition) is 0. The van der Waals surface area contributed by atoms with Crippen LogP contribution in [-0.2, 0) is 21.2 Å². The highest BCUT2D eigenvalue weighted by molar-refractivity contribution is 7.92. The Kier molecular flexibility index (Phi) is 6.45. The number of benzene rings is 2. The number of Topliss-reactive ketones (excluding diaryl/α,β-unsaturated/α-hetero) is 1. The molecule has 2 aromatic rings. The molecule has 0 fully saturated rings. The van der Waals surface area contributed by atoms with Gasteiger partial charge >= 0.3 is 5.97 Å². The molecule has 30 heavy (non-hydrogen) atoms. The van der Waals surface area contributed by atoms with Crippen LogP contribution in [0, 0.1) is 0 Å². The van der Waals surface area contributed by atoms with Crippen molar-refractivity contribution in [2.75, 3.05) is 23.7 Å². The van der Waals surface area contributed by atoms with Gasteiger partial charge in [0.15, 0.2) is 12.4 Å². The molecule has 1 heterocycles. The van der Waals surface area contributed by atoms with E-state index in [0.29, 0.717) is 42.0 Å². The van der Waals surface area contributed by atoms with Gasteiger partial charge in [0.25, 0.3) is 0 Å². The van der Waals surface area contributed by atoms with Crippen LogP contribution in [0.15, 0.2) is 42.5 Å². The summed E-state index contributed by atoms with van der Waals surface area (Å²) < 4.78 is 35.9. The molecule has 0 saturated carbocycles. The Morgan fingerprint density at radius 1 is 1.07 bits per heavy atom. The third kappa shape index (κ3) is 5.18. The van der Waals surface area contributed by atoms with E-state index in [1.54, 1.807) is 42.5 Å². The van der Waals surface area contributed by atoms with E-state index >= 15 is 0 Å². The minimum absolute atomic E-state index is 0.0292. The van der Waals surface area contributed by atoms with E-state index in [-0.39, 0.29) is 11.9 Å². The predicted octanol–water partition coefficient (Wildman–Crippen LogP) is 3.23. The standard InChI is InChI=1S/C22H25NO6S/c1-15(2)29-19-9-6-16(7-10-19)22(25)28-14-21(24)18-8-11-20-17(13-18)5-4-12-23(20)30(3,26)27/h6-11,13,15H,4-5,12,14H2,1-3H3. The quantitative estimate of drug-likeness (QED) is 0.494. The topological polar surface area (TPSA) is 90.0 Å². The van der Waals surface area contributed by atoms with Crippen molar-refractivity contribution in [2.24, 2.45) is 0 Å². The van der Waals surface area contributed by atoms with Crippen molar-refractivity contribution in [2.45, 2.75) is 32.8 Å². The number of nitrogens with zero attached hydrogens (tertiary/aromatic N) is 1. The van der Waals surface area contributed by atoms with Crippen molar-refractivity contribution < 1.29 is 27.5 Å². The largest absolute Gasteiger partial charge is 0.491 e. The summed E-state index contributed by atoms with van der Waals surface area (Å²) in [6.45, 7) is 3.86. The van der Waals surface area contributed by atoms with Crippen molar-refractivity contribution >= 4 is 27.5 Å². The maximum absolute atomic E-state index is 12.5. The number of esters is 1. The molecule has 0 spiro atoms. The van der Waals surface area contributed by atoms with Crippen LogP contribution in [0.5, 0.6) is 5.75 Å². The summed E-state index contributed by atoms with van der Waals surface area (Å²) in [4.78, 5) is 24.7. The lowest BCUT2D eigenvalue weighted by atomic mass is 9.99. The molecular weight excluding hydrogens is 406 g/mol. The highest BCUT2D eigenvalue weighted by Crippen LogP contribution is 2.30. The summed E-state index contributed by atoms with van der Waals surface area (Å²) in [6.07, 6.45) is 2.57. The minimum atomic E-state index is -3.36. The number of carbonyl (C=O) groups excluding carboxylic acids is 2. The van der Waals surface area contributed by atoms with E-state index in [1.165, 1.54) is 10.6 Å². The molecule has 1 aliphatic heterocycles. The zero-order valence-corrected chi connectivity index (χ0v) is 18.1. The maximum atomic E-state index is 12.5. The van der Waals surface area contributed by atoms with E-state index in [1.807, 2.05) is 13.8 Å². The van der Waals surface area contributed by atoms with Gasteiger partial charge in [-0.3, -0.25) is 9.10 Å². The second kappa shape index (κ2) is 8.87. The molecule has 1 aliphatic rings. The predicted molar refractivity (Wildman–Crippen MR) is 114 cm³/mol. The Balaban J connectivity index is 1.64. The summed E-state index contributed by atoms with van der Waals surface area (Å²) in [6, 6.07) is 11.4. The first-order valence-corrected chi connectivity index (χ1v) is 11.6. The van der Waals surface area contributed by atoms with Crippen molar-refractivity contribution in [1.29, 1.82) is 0 Å². The summed E-state index contributed by atoms with van der Waals surface area (Å²) in [5.74, 6) is -0.294. The number of anilines is 1. The molecule has 3 rings (SSSR count).